The molecule has 2 aromatic carbocycles. The van der Waals surface area contributed by atoms with Gasteiger partial charge in [-0.1, -0.05) is 35.5 Å². The third-order valence-electron chi connectivity index (χ3n) is 5.99. The summed E-state index contributed by atoms with van der Waals surface area (Å²) in [4.78, 5) is 33.3. The van der Waals surface area contributed by atoms with E-state index in [9.17, 15) is 14.0 Å². The zero-order valence-corrected chi connectivity index (χ0v) is 20.6. The van der Waals surface area contributed by atoms with Crippen LogP contribution in [0.3, 0.4) is 0 Å². The number of nitrogens with one attached hydrogen (secondary N) is 1. The van der Waals surface area contributed by atoms with Gasteiger partial charge in [0.05, 0.1) is 16.8 Å². The highest BCUT2D eigenvalue weighted by atomic mass is 32.2. The fourth-order valence-corrected chi connectivity index (χ4v) is 6.55. The lowest BCUT2D eigenvalue weighted by Gasteiger charge is -2.15. The number of aryl methyl sites for hydroxylation is 4. The van der Waals surface area contributed by atoms with Gasteiger partial charge >= 0.3 is 0 Å². The van der Waals surface area contributed by atoms with Gasteiger partial charge in [0, 0.05) is 10.6 Å². The molecule has 0 unspecified atom stereocenters. The number of rotatable bonds is 5. The van der Waals surface area contributed by atoms with E-state index in [0.717, 1.165) is 52.9 Å². The molecular weight excluding hydrogens is 469 g/mol. The number of halogens is 1. The third kappa shape index (κ3) is 4.40. The molecule has 0 spiro atoms. The first-order valence-corrected chi connectivity index (χ1v) is 13.0. The van der Waals surface area contributed by atoms with E-state index in [0.29, 0.717) is 16.2 Å². The van der Waals surface area contributed by atoms with Crippen LogP contribution < -0.4 is 10.9 Å². The standard InChI is InChI=1S/C26H24FN3O2S2/c1-15-10-11-20(16(2)12-15)30-25(32)23-19-8-3-4-9-21(19)34-24(23)29-26(30)33-14-22(31)28-18-7-5-6-17(27)13-18/h5-7,10-13H,3-4,8-9,14H2,1-2H3,(H,28,31). The molecule has 1 aliphatic carbocycles. The van der Waals surface area contributed by atoms with E-state index in [4.69, 9.17) is 4.98 Å². The maximum absolute atomic E-state index is 13.9. The number of thioether (sulfide) groups is 1. The highest BCUT2D eigenvalue weighted by molar-refractivity contribution is 7.99. The van der Waals surface area contributed by atoms with Crippen LogP contribution in [0, 0.1) is 19.7 Å². The van der Waals surface area contributed by atoms with E-state index in [1.807, 2.05) is 32.0 Å². The fraction of sp³-hybridized carbons (Fsp3) is 0.269. The summed E-state index contributed by atoms with van der Waals surface area (Å²) in [6, 6.07) is 11.7. The van der Waals surface area contributed by atoms with Crippen molar-refractivity contribution in [2.24, 2.45) is 0 Å². The number of carbonyl (C=O) groups excluding carboxylic acids is 1. The van der Waals surface area contributed by atoms with Crippen molar-refractivity contribution in [2.75, 3.05) is 11.1 Å². The van der Waals surface area contributed by atoms with Crippen molar-refractivity contribution in [1.29, 1.82) is 0 Å². The molecule has 0 atom stereocenters. The molecule has 1 N–H and O–H groups in total. The first-order chi connectivity index (χ1) is 16.4. The van der Waals surface area contributed by atoms with Gasteiger partial charge < -0.3 is 5.32 Å². The van der Waals surface area contributed by atoms with Gasteiger partial charge in [0.2, 0.25) is 5.91 Å². The van der Waals surface area contributed by atoms with Gasteiger partial charge in [0.15, 0.2) is 5.16 Å². The molecule has 34 heavy (non-hydrogen) atoms. The van der Waals surface area contributed by atoms with Gasteiger partial charge in [-0.3, -0.25) is 14.2 Å². The second-order valence-corrected chi connectivity index (χ2v) is 10.6. The van der Waals surface area contributed by atoms with Crippen LogP contribution in [0.5, 0.6) is 0 Å². The van der Waals surface area contributed by atoms with Crippen LogP contribution in [-0.4, -0.2) is 21.2 Å². The van der Waals surface area contributed by atoms with Gasteiger partial charge in [0.25, 0.3) is 5.56 Å². The maximum Gasteiger partial charge on any atom is 0.267 e. The lowest BCUT2D eigenvalue weighted by molar-refractivity contribution is -0.113. The van der Waals surface area contributed by atoms with Crippen molar-refractivity contribution in [3.8, 4) is 5.69 Å². The number of thiophene rings is 1. The van der Waals surface area contributed by atoms with Crippen molar-refractivity contribution in [3.05, 3.63) is 80.2 Å². The Kier molecular flexibility index (Phi) is 6.27. The number of aromatic nitrogens is 2. The molecular formula is C26H24FN3O2S2. The van der Waals surface area contributed by atoms with E-state index in [2.05, 4.69) is 5.32 Å². The summed E-state index contributed by atoms with van der Waals surface area (Å²) in [5.41, 5.74) is 4.31. The number of anilines is 1. The largest absolute Gasteiger partial charge is 0.325 e. The monoisotopic (exact) mass is 493 g/mol. The average molecular weight is 494 g/mol. The van der Waals surface area contributed by atoms with Gasteiger partial charge in [-0.05, 0) is 74.9 Å². The molecule has 0 saturated heterocycles. The Hall–Kier alpha value is -2.97. The van der Waals surface area contributed by atoms with Gasteiger partial charge in [-0.25, -0.2) is 9.37 Å². The molecule has 0 aliphatic heterocycles. The second-order valence-electron chi connectivity index (χ2n) is 8.56. The first kappa shape index (κ1) is 22.8. The van der Waals surface area contributed by atoms with Crippen LogP contribution in [-0.2, 0) is 17.6 Å². The minimum atomic E-state index is -0.414. The normalized spacial score (nSPS) is 13.1. The fourth-order valence-electron chi connectivity index (χ4n) is 4.45. The second kappa shape index (κ2) is 9.35. The number of benzene rings is 2. The predicted molar refractivity (Wildman–Crippen MR) is 137 cm³/mol. The molecule has 1 amide bonds. The van der Waals surface area contributed by atoms with E-state index < -0.39 is 5.82 Å². The zero-order chi connectivity index (χ0) is 23.8. The molecule has 174 valence electrons. The minimum absolute atomic E-state index is 0.0461. The van der Waals surface area contributed by atoms with Crippen LogP contribution in [0.15, 0.2) is 52.4 Å². The van der Waals surface area contributed by atoms with Crippen LogP contribution >= 0.6 is 23.1 Å². The van der Waals surface area contributed by atoms with Crippen molar-refractivity contribution in [3.63, 3.8) is 0 Å². The van der Waals surface area contributed by atoms with Crippen LogP contribution in [0.4, 0.5) is 10.1 Å². The minimum Gasteiger partial charge on any atom is -0.325 e. The summed E-state index contributed by atoms with van der Waals surface area (Å²) >= 11 is 2.81. The van der Waals surface area contributed by atoms with Gasteiger partial charge in [0.1, 0.15) is 10.6 Å². The molecule has 1 aliphatic rings. The summed E-state index contributed by atoms with van der Waals surface area (Å²) in [6.45, 7) is 4.00. The molecule has 4 aromatic rings. The molecule has 0 saturated carbocycles. The smallest absolute Gasteiger partial charge is 0.267 e. The molecule has 2 heterocycles. The Labute approximate surface area is 205 Å². The van der Waals surface area contributed by atoms with E-state index in [1.165, 1.54) is 28.8 Å². The van der Waals surface area contributed by atoms with E-state index in [1.54, 1.807) is 28.0 Å². The highest BCUT2D eigenvalue weighted by Crippen LogP contribution is 2.35. The lowest BCUT2D eigenvalue weighted by atomic mass is 9.97. The van der Waals surface area contributed by atoms with Crippen LogP contribution in [0.1, 0.15) is 34.4 Å². The summed E-state index contributed by atoms with van der Waals surface area (Å²) in [6.07, 6.45) is 4.10. The van der Waals surface area contributed by atoms with Crippen molar-refractivity contribution in [2.45, 2.75) is 44.7 Å². The molecule has 5 rings (SSSR count). The van der Waals surface area contributed by atoms with Crippen molar-refractivity contribution < 1.29 is 9.18 Å². The van der Waals surface area contributed by atoms with Crippen LogP contribution in [0.25, 0.3) is 15.9 Å². The highest BCUT2D eigenvalue weighted by Gasteiger charge is 2.23. The average Bonchev–Trinajstić information content (AvgIpc) is 3.17. The molecule has 2 aromatic heterocycles. The number of carbonyl (C=O) groups is 1. The number of nitrogens with zero attached hydrogens (tertiary/aromatic N) is 2. The Morgan fingerprint density at radius 1 is 1.18 bits per heavy atom. The van der Waals surface area contributed by atoms with Crippen molar-refractivity contribution >= 4 is 44.9 Å². The Bertz CT molecular complexity index is 1480. The van der Waals surface area contributed by atoms with Gasteiger partial charge in [-0.2, -0.15) is 0 Å². The lowest BCUT2D eigenvalue weighted by Crippen LogP contribution is -2.24. The predicted octanol–water partition coefficient (Wildman–Crippen LogP) is 5.81. The quantitative estimate of drug-likeness (QED) is 0.281. The van der Waals surface area contributed by atoms with E-state index >= 15 is 0 Å². The molecule has 0 bridgehead atoms. The summed E-state index contributed by atoms with van der Waals surface area (Å²) in [5, 5.41) is 3.91. The topological polar surface area (TPSA) is 64.0 Å². The number of fused-ring (bicyclic) bond motifs is 3. The summed E-state index contributed by atoms with van der Waals surface area (Å²) in [7, 11) is 0. The molecule has 0 fully saturated rings. The molecule has 8 heteroatoms. The summed E-state index contributed by atoms with van der Waals surface area (Å²) in [5.74, 6) is -0.657. The van der Waals surface area contributed by atoms with E-state index in [-0.39, 0.29) is 17.2 Å². The number of amides is 1. The van der Waals surface area contributed by atoms with Gasteiger partial charge in [-0.15, -0.1) is 11.3 Å². The Morgan fingerprint density at radius 3 is 2.79 bits per heavy atom. The third-order valence-corrected chi connectivity index (χ3v) is 8.12. The van der Waals surface area contributed by atoms with Crippen molar-refractivity contribution in [1.82, 2.24) is 9.55 Å². The Morgan fingerprint density at radius 2 is 2.00 bits per heavy atom. The Balaban J connectivity index is 1.55. The number of hydrogen-bond donors (Lipinski definition) is 1. The summed E-state index contributed by atoms with van der Waals surface area (Å²) < 4.78 is 15.1. The van der Waals surface area contributed by atoms with Crippen LogP contribution in [0.2, 0.25) is 0 Å². The molecule has 5 nitrogen and oxygen atoms in total. The first-order valence-electron chi connectivity index (χ1n) is 11.2. The SMILES string of the molecule is Cc1ccc(-n2c(SCC(=O)Nc3cccc(F)c3)nc3sc4c(c3c2=O)CCCC4)c(C)c1. The number of hydrogen-bond acceptors (Lipinski definition) is 5. The maximum atomic E-state index is 13.9. The zero-order valence-electron chi connectivity index (χ0n) is 19.0. The molecule has 0 radical (unpaired) electrons.